The zero-order valence-corrected chi connectivity index (χ0v) is 16.0. The number of likely N-dealkylation sites (N-methyl/N-ethyl adjacent to an activating group) is 1. The van der Waals surface area contributed by atoms with Gasteiger partial charge in [-0.1, -0.05) is 0 Å². The van der Waals surface area contributed by atoms with Gasteiger partial charge in [0.25, 0.3) is 0 Å². The molecule has 0 radical (unpaired) electrons. The van der Waals surface area contributed by atoms with Crippen LogP contribution in [0.4, 0.5) is 5.69 Å². The minimum atomic E-state index is -0.112. The second-order valence-electron chi connectivity index (χ2n) is 6.56. The summed E-state index contributed by atoms with van der Waals surface area (Å²) in [5, 5.41) is 3.59. The van der Waals surface area contributed by atoms with E-state index in [4.69, 9.17) is 23.7 Å². The number of nitrogens with zero attached hydrogens (tertiary/aromatic N) is 1. The van der Waals surface area contributed by atoms with Crippen LogP contribution in [0.3, 0.4) is 0 Å². The molecule has 0 bridgehead atoms. The molecule has 144 valence electrons. The van der Waals surface area contributed by atoms with E-state index in [0.29, 0.717) is 11.5 Å². The van der Waals surface area contributed by atoms with Gasteiger partial charge in [-0.3, -0.25) is 4.90 Å². The molecule has 2 aliphatic rings. The molecule has 2 aliphatic heterocycles. The van der Waals surface area contributed by atoms with Crippen LogP contribution in [0.25, 0.3) is 0 Å². The summed E-state index contributed by atoms with van der Waals surface area (Å²) in [6.07, 6.45) is 0.797. The molecule has 0 aliphatic carbocycles. The molecule has 4 rings (SSSR count). The summed E-state index contributed by atoms with van der Waals surface area (Å²) < 4.78 is 27.9. The van der Waals surface area contributed by atoms with Gasteiger partial charge in [-0.25, -0.2) is 0 Å². The van der Waals surface area contributed by atoms with Crippen molar-refractivity contribution in [2.24, 2.45) is 0 Å². The van der Waals surface area contributed by atoms with E-state index in [9.17, 15) is 0 Å². The maximum Gasteiger partial charge on any atom is 0.231 e. The molecule has 0 unspecified atom stereocenters. The fraction of sp³-hybridized carbons (Fsp3) is 0.400. The van der Waals surface area contributed by atoms with E-state index in [0.717, 1.165) is 41.5 Å². The van der Waals surface area contributed by atoms with E-state index in [1.807, 2.05) is 18.2 Å². The van der Waals surface area contributed by atoms with Crippen molar-refractivity contribution in [3.63, 3.8) is 0 Å². The zero-order valence-electron chi connectivity index (χ0n) is 16.0. The predicted molar refractivity (Wildman–Crippen MR) is 101 cm³/mol. The molecule has 27 heavy (non-hydrogen) atoms. The molecule has 0 aromatic heterocycles. The van der Waals surface area contributed by atoms with E-state index in [1.54, 1.807) is 21.3 Å². The Kier molecular flexibility index (Phi) is 4.61. The third-order valence-electron chi connectivity index (χ3n) is 5.09. The normalized spacial score (nSPS) is 18.0. The number of nitrogens with one attached hydrogen (secondary N) is 1. The average molecular weight is 372 g/mol. The smallest absolute Gasteiger partial charge is 0.231 e. The highest BCUT2D eigenvalue weighted by Gasteiger charge is 2.34. The van der Waals surface area contributed by atoms with Gasteiger partial charge in [-0.2, -0.15) is 0 Å². The highest BCUT2D eigenvalue weighted by molar-refractivity contribution is 5.65. The molecule has 1 atom stereocenters. The van der Waals surface area contributed by atoms with Crippen LogP contribution in [0, 0.1) is 0 Å². The second-order valence-corrected chi connectivity index (χ2v) is 6.56. The summed E-state index contributed by atoms with van der Waals surface area (Å²) in [7, 11) is 7.05. The van der Waals surface area contributed by atoms with E-state index in [2.05, 4.69) is 23.3 Å². The summed E-state index contributed by atoms with van der Waals surface area (Å²) in [6, 6.07) is 7.76. The molecule has 0 saturated heterocycles. The predicted octanol–water partition coefficient (Wildman–Crippen LogP) is 3.04. The quantitative estimate of drug-likeness (QED) is 0.866. The van der Waals surface area contributed by atoms with Gasteiger partial charge >= 0.3 is 0 Å². The van der Waals surface area contributed by atoms with E-state index in [-0.39, 0.29) is 13.0 Å². The minimum Gasteiger partial charge on any atom is -0.497 e. The first-order valence-electron chi connectivity index (χ1n) is 8.84. The van der Waals surface area contributed by atoms with Crippen LogP contribution in [0.1, 0.15) is 17.3 Å². The van der Waals surface area contributed by atoms with E-state index >= 15 is 0 Å². The molecule has 1 N–H and O–H groups in total. The molecule has 0 amide bonds. The van der Waals surface area contributed by atoms with Gasteiger partial charge in [-0.15, -0.1) is 0 Å². The number of anilines is 1. The first-order valence-corrected chi connectivity index (χ1v) is 8.84. The van der Waals surface area contributed by atoms with Crippen molar-refractivity contribution >= 4 is 5.69 Å². The van der Waals surface area contributed by atoms with Crippen LogP contribution in [0.15, 0.2) is 24.3 Å². The molecule has 0 fully saturated rings. The van der Waals surface area contributed by atoms with Crippen LogP contribution >= 0.6 is 0 Å². The van der Waals surface area contributed by atoms with E-state index < -0.39 is 0 Å². The van der Waals surface area contributed by atoms with Crippen LogP contribution < -0.4 is 29.0 Å². The Morgan fingerprint density at radius 1 is 1.07 bits per heavy atom. The van der Waals surface area contributed by atoms with Gasteiger partial charge in [0.15, 0.2) is 11.5 Å². The van der Waals surface area contributed by atoms with Gasteiger partial charge in [0, 0.05) is 18.2 Å². The third kappa shape index (κ3) is 2.98. The molecule has 7 heteroatoms. The Balaban J connectivity index is 1.79. The van der Waals surface area contributed by atoms with Crippen LogP contribution in [0.2, 0.25) is 0 Å². The Bertz CT molecular complexity index is 855. The number of methoxy groups -OCH3 is 3. The molecule has 0 spiro atoms. The van der Waals surface area contributed by atoms with Gasteiger partial charge in [-0.05, 0) is 37.2 Å². The summed E-state index contributed by atoms with van der Waals surface area (Å²) in [4.78, 5) is 2.24. The Labute approximate surface area is 158 Å². The largest absolute Gasteiger partial charge is 0.497 e. The van der Waals surface area contributed by atoms with Crippen LogP contribution in [0.5, 0.6) is 28.7 Å². The van der Waals surface area contributed by atoms with Crippen LogP contribution in [-0.2, 0) is 6.42 Å². The van der Waals surface area contributed by atoms with Gasteiger partial charge in [0.05, 0.1) is 27.0 Å². The number of hydrogen-bond donors (Lipinski definition) is 1. The third-order valence-corrected chi connectivity index (χ3v) is 5.09. The Hall–Kier alpha value is -2.80. The lowest BCUT2D eigenvalue weighted by atomic mass is 9.94. The Morgan fingerprint density at radius 3 is 2.67 bits per heavy atom. The van der Waals surface area contributed by atoms with Crippen LogP contribution in [-0.4, -0.2) is 46.6 Å². The topological polar surface area (TPSA) is 61.4 Å². The van der Waals surface area contributed by atoms with Crippen molar-refractivity contribution < 1.29 is 23.7 Å². The molecule has 2 heterocycles. The number of rotatable bonds is 5. The van der Waals surface area contributed by atoms with Crippen molar-refractivity contribution in [2.45, 2.75) is 12.6 Å². The molecule has 2 aromatic rings. The number of ether oxygens (including phenoxy) is 5. The summed E-state index contributed by atoms with van der Waals surface area (Å²) in [5.41, 5.74) is 3.09. The van der Waals surface area contributed by atoms with Crippen molar-refractivity contribution in [1.82, 2.24) is 4.90 Å². The highest BCUT2D eigenvalue weighted by atomic mass is 16.7. The highest BCUT2D eigenvalue weighted by Crippen LogP contribution is 2.49. The van der Waals surface area contributed by atoms with Gasteiger partial charge < -0.3 is 29.0 Å². The number of hydrogen-bond acceptors (Lipinski definition) is 7. The van der Waals surface area contributed by atoms with Gasteiger partial charge in [0.2, 0.25) is 12.5 Å². The fourth-order valence-electron chi connectivity index (χ4n) is 3.69. The molecular formula is C20H24N2O5. The maximum atomic E-state index is 5.75. The van der Waals surface area contributed by atoms with Crippen molar-refractivity contribution in [3.05, 3.63) is 35.4 Å². The molecule has 7 nitrogen and oxygen atoms in total. The van der Waals surface area contributed by atoms with Gasteiger partial charge in [0.1, 0.15) is 17.7 Å². The lowest BCUT2D eigenvalue weighted by Crippen LogP contribution is -2.37. The standard InChI is InChI=1S/C20H24N2O5/c1-22-8-7-12-9-16-18(27-11-26-16)19(25-4)17(12)20(22)21-14-10-13(23-2)5-6-15(14)24-3/h5-6,9-10,20-21H,7-8,11H2,1-4H3/t20-/m1/s1. The average Bonchev–Trinajstić information content (AvgIpc) is 3.16. The monoisotopic (exact) mass is 372 g/mol. The number of benzene rings is 2. The Morgan fingerprint density at radius 2 is 1.93 bits per heavy atom. The summed E-state index contributed by atoms with van der Waals surface area (Å²) in [5.74, 6) is 3.63. The van der Waals surface area contributed by atoms with Crippen molar-refractivity contribution in [3.8, 4) is 28.7 Å². The minimum absolute atomic E-state index is 0.112. The summed E-state index contributed by atoms with van der Waals surface area (Å²) in [6.45, 7) is 1.12. The molecular weight excluding hydrogens is 348 g/mol. The molecule has 2 aromatic carbocycles. The SMILES string of the molecule is COc1ccc(OC)c(N[C@H]2c3c(cc4c(c3OC)OCO4)CCN2C)c1. The zero-order chi connectivity index (χ0) is 19.0. The van der Waals surface area contributed by atoms with E-state index in [1.165, 1.54) is 5.56 Å². The lowest BCUT2D eigenvalue weighted by molar-refractivity contribution is 0.170. The number of fused-ring (bicyclic) bond motifs is 2. The fourth-order valence-corrected chi connectivity index (χ4v) is 3.69. The lowest BCUT2D eigenvalue weighted by Gasteiger charge is -2.37. The summed E-state index contributed by atoms with van der Waals surface area (Å²) >= 11 is 0. The maximum absolute atomic E-state index is 5.75. The first kappa shape index (κ1) is 17.6. The molecule has 0 saturated carbocycles. The van der Waals surface area contributed by atoms with Crippen molar-refractivity contribution in [1.29, 1.82) is 0 Å². The second kappa shape index (κ2) is 7.08. The van der Waals surface area contributed by atoms with Crippen molar-refractivity contribution in [2.75, 3.05) is 47.0 Å². The first-order chi connectivity index (χ1) is 13.2.